The zero-order chi connectivity index (χ0) is 31.7. The maximum absolute atomic E-state index is 14.4. The number of likely N-dealkylation sites (N-methyl/N-ethyl adjacent to an activating group) is 1. The third kappa shape index (κ3) is 8.05. The molecule has 2 amide bonds. The first kappa shape index (κ1) is 32.3. The minimum Gasteiger partial charge on any atom is -0.494 e. The zero-order valence-electron chi connectivity index (χ0n) is 25.6. The number of aryl methyl sites for hydroxylation is 2. The number of carbonyl (C=O) groups is 2. The van der Waals surface area contributed by atoms with Gasteiger partial charge in [0.15, 0.2) is 0 Å². The Morgan fingerprint density at radius 1 is 0.818 bits per heavy atom. The average Bonchev–Trinajstić information content (AvgIpc) is 3.02. The summed E-state index contributed by atoms with van der Waals surface area (Å²) in [7, 11) is -2.66. The zero-order valence-corrected chi connectivity index (χ0v) is 26.4. The quantitative estimate of drug-likeness (QED) is 0.221. The second-order valence-corrected chi connectivity index (χ2v) is 12.4. The fourth-order valence-electron chi connectivity index (χ4n) is 4.97. The molecule has 0 aromatic heterocycles. The van der Waals surface area contributed by atoms with Crippen molar-refractivity contribution in [3.8, 4) is 5.75 Å². The maximum atomic E-state index is 14.4. The summed E-state index contributed by atoms with van der Waals surface area (Å²) in [4.78, 5) is 29.2. The predicted octanol–water partition coefficient (Wildman–Crippen LogP) is 5.28. The lowest BCUT2D eigenvalue weighted by Gasteiger charge is -2.33. The van der Waals surface area contributed by atoms with Crippen LogP contribution in [0.25, 0.3) is 0 Å². The van der Waals surface area contributed by atoms with Crippen LogP contribution in [0.1, 0.15) is 29.2 Å². The first-order chi connectivity index (χ1) is 21.1. The lowest BCUT2D eigenvalue weighted by molar-refractivity contribution is -0.139. The largest absolute Gasteiger partial charge is 0.494 e. The first-order valence-electron chi connectivity index (χ1n) is 14.5. The number of ether oxygens (including phenoxy) is 1. The summed E-state index contributed by atoms with van der Waals surface area (Å²) >= 11 is 0. The van der Waals surface area contributed by atoms with Crippen LogP contribution in [0, 0.1) is 13.8 Å². The molecule has 1 N–H and O–H groups in total. The Morgan fingerprint density at radius 3 is 2.09 bits per heavy atom. The van der Waals surface area contributed by atoms with Gasteiger partial charge in [0, 0.05) is 20.0 Å². The van der Waals surface area contributed by atoms with Crippen molar-refractivity contribution >= 4 is 27.5 Å². The van der Waals surface area contributed by atoms with E-state index in [1.807, 2.05) is 75.4 Å². The molecule has 9 heteroatoms. The van der Waals surface area contributed by atoms with Crippen LogP contribution in [-0.4, -0.2) is 51.4 Å². The van der Waals surface area contributed by atoms with Crippen LogP contribution in [-0.2, 0) is 32.6 Å². The van der Waals surface area contributed by atoms with Gasteiger partial charge in [-0.3, -0.25) is 13.9 Å². The van der Waals surface area contributed by atoms with Crippen LogP contribution >= 0.6 is 0 Å². The smallest absolute Gasteiger partial charge is 0.264 e. The highest BCUT2D eigenvalue weighted by atomic mass is 32.2. The van der Waals surface area contributed by atoms with Gasteiger partial charge in [0.25, 0.3) is 10.0 Å². The molecule has 0 aliphatic carbocycles. The SMILES string of the molecule is CCOc1ccc(S(=O)(=O)N(CC(=O)N(Cc2cccc(C)c2)C(Cc2ccccc2)C(=O)NC)c2ccc(C)cc2)cc1. The summed E-state index contributed by atoms with van der Waals surface area (Å²) in [5.74, 6) is -0.305. The molecule has 0 aliphatic heterocycles. The number of hydrogen-bond donors (Lipinski definition) is 1. The highest BCUT2D eigenvalue weighted by Gasteiger charge is 2.34. The second-order valence-electron chi connectivity index (χ2n) is 10.6. The summed E-state index contributed by atoms with van der Waals surface area (Å²) in [5.41, 5.74) is 4.00. The molecule has 0 saturated heterocycles. The molecule has 4 aromatic rings. The van der Waals surface area contributed by atoms with E-state index in [0.717, 1.165) is 26.6 Å². The molecule has 0 bridgehead atoms. The Morgan fingerprint density at radius 2 is 1.48 bits per heavy atom. The molecule has 0 fully saturated rings. The van der Waals surface area contributed by atoms with Crippen molar-refractivity contribution in [3.05, 3.63) is 125 Å². The Labute approximate surface area is 260 Å². The lowest BCUT2D eigenvalue weighted by atomic mass is 10.0. The Bertz CT molecular complexity index is 1660. The monoisotopic (exact) mass is 613 g/mol. The third-order valence-corrected chi connectivity index (χ3v) is 9.06. The fourth-order valence-corrected chi connectivity index (χ4v) is 6.38. The number of nitrogens with one attached hydrogen (secondary N) is 1. The summed E-state index contributed by atoms with van der Waals surface area (Å²) in [6.07, 6.45) is 0.258. The van der Waals surface area contributed by atoms with Gasteiger partial charge in [-0.05, 0) is 68.3 Å². The Balaban J connectivity index is 1.77. The molecule has 1 unspecified atom stereocenters. The van der Waals surface area contributed by atoms with Gasteiger partial charge in [-0.15, -0.1) is 0 Å². The van der Waals surface area contributed by atoms with E-state index in [2.05, 4.69) is 5.32 Å². The van der Waals surface area contributed by atoms with E-state index < -0.39 is 28.5 Å². The van der Waals surface area contributed by atoms with Gasteiger partial charge in [-0.25, -0.2) is 8.42 Å². The van der Waals surface area contributed by atoms with Crippen LogP contribution in [0.15, 0.2) is 108 Å². The van der Waals surface area contributed by atoms with E-state index >= 15 is 0 Å². The molecule has 230 valence electrons. The van der Waals surface area contributed by atoms with Crippen LogP contribution in [0.5, 0.6) is 5.75 Å². The highest BCUT2D eigenvalue weighted by molar-refractivity contribution is 7.92. The molecule has 0 spiro atoms. The number of rotatable bonds is 13. The molecule has 0 heterocycles. The summed E-state index contributed by atoms with van der Waals surface area (Å²) < 4.78 is 34.9. The van der Waals surface area contributed by atoms with Crippen molar-refractivity contribution in [2.75, 3.05) is 24.5 Å². The number of anilines is 1. The molecular weight excluding hydrogens is 574 g/mol. The molecule has 0 radical (unpaired) electrons. The molecule has 44 heavy (non-hydrogen) atoms. The van der Waals surface area contributed by atoms with E-state index in [1.54, 1.807) is 36.4 Å². The van der Waals surface area contributed by atoms with Crippen molar-refractivity contribution in [2.45, 2.75) is 44.7 Å². The standard InChI is InChI=1S/C35H39N3O5S/c1-5-43-31-18-20-32(21-19-31)44(41,42)38(30-16-14-26(2)15-17-30)25-34(39)37(24-29-13-9-10-27(3)22-29)33(35(40)36-4)23-28-11-7-6-8-12-28/h6-22,33H,5,23-25H2,1-4H3,(H,36,40). The molecule has 0 saturated carbocycles. The number of sulfonamides is 1. The van der Waals surface area contributed by atoms with Gasteiger partial charge in [0.1, 0.15) is 18.3 Å². The Hall–Kier alpha value is -4.63. The van der Waals surface area contributed by atoms with E-state index in [4.69, 9.17) is 4.74 Å². The number of benzene rings is 4. The van der Waals surface area contributed by atoms with Gasteiger partial charge < -0.3 is 15.0 Å². The van der Waals surface area contributed by atoms with Crippen LogP contribution < -0.4 is 14.4 Å². The van der Waals surface area contributed by atoms with Crippen molar-refractivity contribution in [1.82, 2.24) is 10.2 Å². The van der Waals surface area contributed by atoms with E-state index in [9.17, 15) is 18.0 Å². The lowest BCUT2D eigenvalue weighted by Crippen LogP contribution is -2.53. The van der Waals surface area contributed by atoms with Gasteiger partial charge >= 0.3 is 0 Å². The molecule has 0 aliphatic rings. The average molecular weight is 614 g/mol. The van der Waals surface area contributed by atoms with Gasteiger partial charge in [-0.2, -0.15) is 0 Å². The number of amides is 2. The molecule has 1 atom stereocenters. The van der Waals surface area contributed by atoms with Crippen molar-refractivity contribution in [3.63, 3.8) is 0 Å². The topological polar surface area (TPSA) is 96.0 Å². The maximum Gasteiger partial charge on any atom is 0.264 e. The number of carbonyl (C=O) groups excluding carboxylic acids is 2. The summed E-state index contributed by atoms with van der Waals surface area (Å²) in [6.45, 7) is 5.77. The minimum absolute atomic E-state index is 0.0201. The van der Waals surface area contributed by atoms with Crippen molar-refractivity contribution < 1.29 is 22.7 Å². The summed E-state index contributed by atoms with van der Waals surface area (Å²) in [6, 6.07) is 29.4. The molecule has 4 rings (SSSR count). The van der Waals surface area contributed by atoms with Crippen LogP contribution in [0.3, 0.4) is 0 Å². The fraction of sp³-hybridized carbons (Fsp3) is 0.257. The first-order valence-corrected chi connectivity index (χ1v) is 16.0. The van der Waals surface area contributed by atoms with Crippen LogP contribution in [0.4, 0.5) is 5.69 Å². The predicted molar refractivity (Wildman–Crippen MR) is 173 cm³/mol. The Kier molecular flexibility index (Phi) is 10.8. The van der Waals surface area contributed by atoms with E-state index in [-0.39, 0.29) is 23.8 Å². The third-order valence-electron chi connectivity index (χ3n) is 7.28. The number of hydrogen-bond acceptors (Lipinski definition) is 5. The van der Waals surface area contributed by atoms with Gasteiger partial charge in [0.2, 0.25) is 11.8 Å². The minimum atomic E-state index is -4.19. The number of nitrogens with zero attached hydrogens (tertiary/aromatic N) is 2. The highest BCUT2D eigenvalue weighted by Crippen LogP contribution is 2.27. The molecular formula is C35H39N3O5S. The summed E-state index contributed by atoms with van der Waals surface area (Å²) in [5, 5.41) is 2.70. The normalized spacial score (nSPS) is 11.8. The molecule has 4 aromatic carbocycles. The van der Waals surface area contributed by atoms with Crippen molar-refractivity contribution in [1.29, 1.82) is 0 Å². The second kappa shape index (κ2) is 14.7. The molecule has 8 nitrogen and oxygen atoms in total. The van der Waals surface area contributed by atoms with Gasteiger partial charge in [0.05, 0.1) is 17.2 Å². The van der Waals surface area contributed by atoms with Crippen molar-refractivity contribution in [2.24, 2.45) is 0 Å². The van der Waals surface area contributed by atoms with Gasteiger partial charge in [-0.1, -0.05) is 77.9 Å². The van der Waals surface area contributed by atoms with E-state index in [1.165, 1.54) is 24.1 Å². The van der Waals surface area contributed by atoms with E-state index in [0.29, 0.717) is 18.0 Å². The van der Waals surface area contributed by atoms with Crippen LogP contribution in [0.2, 0.25) is 0 Å².